The van der Waals surface area contributed by atoms with Gasteiger partial charge in [0.05, 0.1) is 11.1 Å². The minimum Gasteiger partial charge on any atom is -0.392 e. The minimum absolute atomic E-state index is 0.108. The Morgan fingerprint density at radius 3 is 2.82 bits per heavy atom. The average Bonchev–Trinajstić information content (AvgIpc) is 2.77. The van der Waals surface area contributed by atoms with Gasteiger partial charge < -0.3 is 5.11 Å². The number of thiophene rings is 1. The summed E-state index contributed by atoms with van der Waals surface area (Å²) in [4.78, 5) is 0. The molecule has 2 rings (SSSR count). The maximum atomic E-state index is 13.2. The monoisotopic (exact) mass is 270 g/mol. The SMILES string of the molecule is OC(Cc1ccsc1)Cc1cccc(F)c1Cl. The van der Waals surface area contributed by atoms with E-state index >= 15 is 0 Å². The van der Waals surface area contributed by atoms with E-state index < -0.39 is 11.9 Å². The summed E-state index contributed by atoms with van der Waals surface area (Å²) in [6.07, 6.45) is 0.395. The molecule has 1 aromatic carbocycles. The van der Waals surface area contributed by atoms with Crippen LogP contribution < -0.4 is 0 Å². The van der Waals surface area contributed by atoms with Crippen LogP contribution in [0.1, 0.15) is 11.1 Å². The van der Waals surface area contributed by atoms with Gasteiger partial charge in [0.15, 0.2) is 0 Å². The van der Waals surface area contributed by atoms with Crippen LogP contribution in [0.4, 0.5) is 4.39 Å². The zero-order valence-electron chi connectivity index (χ0n) is 9.07. The van der Waals surface area contributed by atoms with Crippen LogP contribution in [0.15, 0.2) is 35.0 Å². The maximum Gasteiger partial charge on any atom is 0.142 e. The Morgan fingerprint density at radius 2 is 2.12 bits per heavy atom. The van der Waals surface area contributed by atoms with Gasteiger partial charge in [-0.3, -0.25) is 0 Å². The molecule has 4 heteroatoms. The predicted octanol–water partition coefficient (Wildman–Crippen LogP) is 3.69. The van der Waals surface area contributed by atoms with Crippen molar-refractivity contribution in [3.8, 4) is 0 Å². The van der Waals surface area contributed by atoms with Crippen LogP contribution in [0.5, 0.6) is 0 Å². The molecule has 17 heavy (non-hydrogen) atoms. The molecule has 1 heterocycles. The molecule has 0 aliphatic heterocycles. The van der Waals surface area contributed by atoms with Crippen LogP contribution in [-0.4, -0.2) is 11.2 Å². The number of hydrogen-bond donors (Lipinski definition) is 1. The molecule has 0 aliphatic carbocycles. The summed E-state index contributed by atoms with van der Waals surface area (Å²) in [6, 6.07) is 6.63. The molecule has 0 bridgehead atoms. The van der Waals surface area contributed by atoms with Crippen molar-refractivity contribution in [1.29, 1.82) is 0 Å². The lowest BCUT2D eigenvalue weighted by Gasteiger charge is -2.11. The van der Waals surface area contributed by atoms with E-state index in [-0.39, 0.29) is 5.02 Å². The van der Waals surface area contributed by atoms with Gasteiger partial charge in [-0.2, -0.15) is 11.3 Å². The summed E-state index contributed by atoms with van der Waals surface area (Å²) in [7, 11) is 0. The number of hydrogen-bond acceptors (Lipinski definition) is 2. The van der Waals surface area contributed by atoms with Crippen molar-refractivity contribution in [2.45, 2.75) is 18.9 Å². The molecule has 1 N–H and O–H groups in total. The van der Waals surface area contributed by atoms with E-state index in [4.69, 9.17) is 11.6 Å². The van der Waals surface area contributed by atoms with Crippen molar-refractivity contribution < 1.29 is 9.50 Å². The highest BCUT2D eigenvalue weighted by Crippen LogP contribution is 2.22. The Labute approximate surface area is 108 Å². The first-order chi connectivity index (χ1) is 8.16. The summed E-state index contributed by atoms with van der Waals surface area (Å²) < 4.78 is 13.2. The van der Waals surface area contributed by atoms with Crippen molar-refractivity contribution in [3.63, 3.8) is 0 Å². The Bertz CT molecular complexity index is 484. The summed E-state index contributed by atoms with van der Waals surface area (Å²) in [6.45, 7) is 0. The first-order valence-corrected chi connectivity index (χ1v) is 6.61. The van der Waals surface area contributed by atoms with Gasteiger partial charge in [0.25, 0.3) is 0 Å². The van der Waals surface area contributed by atoms with Gasteiger partial charge in [0, 0.05) is 6.42 Å². The second-order valence-electron chi connectivity index (χ2n) is 3.91. The fraction of sp³-hybridized carbons (Fsp3) is 0.231. The van der Waals surface area contributed by atoms with Crippen molar-refractivity contribution in [2.75, 3.05) is 0 Å². The van der Waals surface area contributed by atoms with Crippen LogP contribution in [0.25, 0.3) is 0 Å². The molecule has 90 valence electrons. The second-order valence-corrected chi connectivity index (χ2v) is 5.06. The molecular weight excluding hydrogens is 259 g/mol. The summed E-state index contributed by atoms with van der Waals surface area (Å²) in [5.41, 5.74) is 1.74. The van der Waals surface area contributed by atoms with Crippen LogP contribution in [0.3, 0.4) is 0 Å². The van der Waals surface area contributed by atoms with Gasteiger partial charge in [-0.25, -0.2) is 4.39 Å². The fourth-order valence-electron chi connectivity index (χ4n) is 1.71. The van der Waals surface area contributed by atoms with Gasteiger partial charge in [0.1, 0.15) is 5.82 Å². The van der Waals surface area contributed by atoms with Gasteiger partial charge in [-0.05, 0) is 40.4 Å². The third kappa shape index (κ3) is 3.28. The lowest BCUT2D eigenvalue weighted by atomic mass is 10.0. The highest BCUT2D eigenvalue weighted by atomic mass is 35.5. The fourth-order valence-corrected chi connectivity index (χ4v) is 2.60. The van der Waals surface area contributed by atoms with E-state index in [2.05, 4.69) is 0 Å². The lowest BCUT2D eigenvalue weighted by molar-refractivity contribution is 0.175. The minimum atomic E-state index is -0.538. The topological polar surface area (TPSA) is 20.2 Å². The molecule has 2 aromatic rings. The molecule has 0 saturated carbocycles. The van der Waals surface area contributed by atoms with E-state index in [0.717, 1.165) is 5.56 Å². The van der Waals surface area contributed by atoms with Crippen LogP contribution in [0, 0.1) is 5.82 Å². The molecule has 0 radical (unpaired) electrons. The predicted molar refractivity (Wildman–Crippen MR) is 69.1 cm³/mol. The third-order valence-electron chi connectivity index (χ3n) is 2.54. The molecule has 1 aromatic heterocycles. The molecule has 0 saturated heterocycles. The lowest BCUT2D eigenvalue weighted by Crippen LogP contribution is -2.14. The summed E-state index contributed by atoms with van der Waals surface area (Å²) in [5.74, 6) is -0.438. The second kappa shape index (κ2) is 5.63. The van der Waals surface area contributed by atoms with Crippen molar-refractivity contribution >= 4 is 22.9 Å². The third-order valence-corrected chi connectivity index (χ3v) is 3.69. The van der Waals surface area contributed by atoms with E-state index in [0.29, 0.717) is 18.4 Å². The number of halogens is 2. The highest BCUT2D eigenvalue weighted by Gasteiger charge is 2.11. The molecular formula is C13H12ClFOS. The van der Waals surface area contributed by atoms with E-state index in [1.165, 1.54) is 6.07 Å². The van der Waals surface area contributed by atoms with Crippen LogP contribution >= 0.6 is 22.9 Å². The molecule has 1 nitrogen and oxygen atoms in total. The Morgan fingerprint density at radius 1 is 1.29 bits per heavy atom. The van der Waals surface area contributed by atoms with Crippen molar-refractivity contribution in [3.05, 3.63) is 57.0 Å². The highest BCUT2D eigenvalue weighted by molar-refractivity contribution is 7.07. The molecule has 0 fully saturated rings. The quantitative estimate of drug-likeness (QED) is 0.898. The molecule has 1 atom stereocenters. The molecule has 0 aliphatic rings. The zero-order chi connectivity index (χ0) is 12.3. The maximum absolute atomic E-state index is 13.2. The largest absolute Gasteiger partial charge is 0.392 e. The summed E-state index contributed by atoms with van der Waals surface area (Å²) >= 11 is 7.43. The smallest absolute Gasteiger partial charge is 0.142 e. The molecule has 0 spiro atoms. The number of rotatable bonds is 4. The average molecular weight is 271 g/mol. The van der Waals surface area contributed by atoms with E-state index in [1.54, 1.807) is 23.5 Å². The summed E-state index contributed by atoms with van der Waals surface area (Å²) in [5, 5.41) is 14.0. The Balaban J connectivity index is 2.03. The molecule has 1 unspecified atom stereocenters. The number of aliphatic hydroxyl groups is 1. The standard InChI is InChI=1S/C13H12ClFOS/c14-13-10(2-1-3-12(13)15)7-11(16)6-9-4-5-17-8-9/h1-5,8,11,16H,6-7H2. The van der Waals surface area contributed by atoms with Gasteiger partial charge >= 0.3 is 0 Å². The van der Waals surface area contributed by atoms with Crippen LogP contribution in [0.2, 0.25) is 5.02 Å². The van der Waals surface area contributed by atoms with E-state index in [9.17, 15) is 9.50 Å². The first-order valence-electron chi connectivity index (χ1n) is 5.29. The first kappa shape index (κ1) is 12.6. The van der Waals surface area contributed by atoms with Gasteiger partial charge in [-0.15, -0.1) is 0 Å². The number of aliphatic hydroxyl groups excluding tert-OH is 1. The van der Waals surface area contributed by atoms with Crippen LogP contribution in [-0.2, 0) is 12.8 Å². The number of benzene rings is 1. The Hall–Kier alpha value is -0.900. The molecule has 0 amide bonds. The van der Waals surface area contributed by atoms with Crippen molar-refractivity contribution in [2.24, 2.45) is 0 Å². The van der Waals surface area contributed by atoms with Crippen molar-refractivity contribution in [1.82, 2.24) is 0 Å². The normalized spacial score (nSPS) is 12.6. The Kier molecular flexibility index (Phi) is 4.15. The zero-order valence-corrected chi connectivity index (χ0v) is 10.6. The van der Waals surface area contributed by atoms with Gasteiger partial charge in [0.2, 0.25) is 0 Å². The van der Waals surface area contributed by atoms with E-state index in [1.807, 2.05) is 16.8 Å². The van der Waals surface area contributed by atoms with Gasteiger partial charge in [-0.1, -0.05) is 23.7 Å².